The molecule has 0 aliphatic rings. The van der Waals surface area contributed by atoms with Crippen molar-refractivity contribution >= 4 is 16.6 Å². The molecule has 0 amide bonds. The van der Waals surface area contributed by atoms with Crippen molar-refractivity contribution in [3.63, 3.8) is 0 Å². The van der Waals surface area contributed by atoms with Crippen LogP contribution in [0.25, 0.3) is 10.8 Å². The van der Waals surface area contributed by atoms with Crippen molar-refractivity contribution in [1.82, 2.24) is 9.78 Å². The van der Waals surface area contributed by atoms with Crippen LogP contribution >= 0.6 is 0 Å². The van der Waals surface area contributed by atoms with E-state index in [0.717, 1.165) is 10.9 Å². The zero-order chi connectivity index (χ0) is 13.2. The third kappa shape index (κ3) is 2.27. The molecule has 0 aliphatic carbocycles. The third-order valence-electron chi connectivity index (χ3n) is 3.26. The number of hydrogen-bond donors (Lipinski definition) is 0. The van der Waals surface area contributed by atoms with E-state index in [4.69, 9.17) is 0 Å². The van der Waals surface area contributed by atoms with E-state index in [1.54, 1.807) is 17.1 Å². The van der Waals surface area contributed by atoms with Crippen LogP contribution in [0.3, 0.4) is 0 Å². The van der Waals surface area contributed by atoms with Gasteiger partial charge in [0.2, 0.25) is 0 Å². The van der Waals surface area contributed by atoms with Gasteiger partial charge in [-0.25, -0.2) is 0 Å². The molecule has 19 heavy (non-hydrogen) atoms. The third-order valence-corrected chi connectivity index (χ3v) is 3.26. The molecule has 1 aromatic heterocycles. The summed E-state index contributed by atoms with van der Waals surface area (Å²) in [6, 6.07) is 14.2. The molecule has 0 radical (unpaired) electrons. The number of hydrogen-bond acceptors (Lipinski definition) is 2. The molecule has 0 aliphatic heterocycles. The van der Waals surface area contributed by atoms with Crippen molar-refractivity contribution in [3.05, 3.63) is 66.0 Å². The lowest BCUT2D eigenvalue weighted by Gasteiger charge is -2.05. The van der Waals surface area contributed by atoms with Gasteiger partial charge in [-0.3, -0.25) is 9.48 Å². The van der Waals surface area contributed by atoms with Crippen LogP contribution in [0.2, 0.25) is 0 Å². The predicted molar refractivity (Wildman–Crippen MR) is 75.2 cm³/mol. The monoisotopic (exact) mass is 250 g/mol. The van der Waals surface area contributed by atoms with Gasteiger partial charge in [0.15, 0.2) is 5.78 Å². The van der Waals surface area contributed by atoms with Gasteiger partial charge in [0.25, 0.3) is 0 Å². The van der Waals surface area contributed by atoms with Gasteiger partial charge >= 0.3 is 0 Å². The van der Waals surface area contributed by atoms with Crippen LogP contribution in [0.1, 0.15) is 15.9 Å². The topological polar surface area (TPSA) is 34.9 Å². The molecule has 0 saturated heterocycles. The molecule has 3 aromatic rings. The lowest BCUT2D eigenvalue weighted by atomic mass is 9.99. The van der Waals surface area contributed by atoms with E-state index in [2.05, 4.69) is 23.3 Å². The van der Waals surface area contributed by atoms with Gasteiger partial charge in [0.1, 0.15) is 0 Å². The molecular weight excluding hydrogens is 236 g/mol. The van der Waals surface area contributed by atoms with Crippen LogP contribution in [0.15, 0.2) is 54.9 Å². The first-order valence-electron chi connectivity index (χ1n) is 6.22. The molecule has 0 bridgehead atoms. The first-order chi connectivity index (χ1) is 9.24. The van der Waals surface area contributed by atoms with Gasteiger partial charge in [0, 0.05) is 19.7 Å². The largest absolute Gasteiger partial charge is 0.294 e. The van der Waals surface area contributed by atoms with E-state index in [9.17, 15) is 4.79 Å². The van der Waals surface area contributed by atoms with Crippen molar-refractivity contribution < 1.29 is 4.79 Å². The summed E-state index contributed by atoms with van der Waals surface area (Å²) in [5.74, 6) is 0.101. The number of carbonyl (C=O) groups excluding carboxylic acids is 1. The SMILES string of the molecule is Cn1cc(C(=O)Cc2cccc3ccccc23)cn1. The molecule has 3 nitrogen and oxygen atoms in total. The van der Waals surface area contributed by atoms with Gasteiger partial charge in [-0.05, 0) is 16.3 Å². The van der Waals surface area contributed by atoms with Gasteiger partial charge < -0.3 is 0 Å². The summed E-state index contributed by atoms with van der Waals surface area (Å²) < 4.78 is 1.65. The first kappa shape index (κ1) is 11.7. The highest BCUT2D eigenvalue weighted by atomic mass is 16.1. The Morgan fingerprint density at radius 3 is 2.74 bits per heavy atom. The fourth-order valence-electron chi connectivity index (χ4n) is 2.29. The van der Waals surface area contributed by atoms with Gasteiger partial charge in [-0.15, -0.1) is 0 Å². The molecule has 1 heterocycles. The number of benzene rings is 2. The van der Waals surface area contributed by atoms with E-state index in [-0.39, 0.29) is 5.78 Å². The summed E-state index contributed by atoms with van der Waals surface area (Å²) in [4.78, 5) is 12.2. The maximum absolute atomic E-state index is 12.2. The molecule has 0 atom stereocenters. The van der Waals surface area contributed by atoms with Crippen LogP contribution in [-0.2, 0) is 13.5 Å². The normalized spacial score (nSPS) is 10.8. The number of ketones is 1. The summed E-state index contributed by atoms with van der Waals surface area (Å²) >= 11 is 0. The second kappa shape index (κ2) is 4.69. The maximum Gasteiger partial charge on any atom is 0.170 e. The number of aryl methyl sites for hydroxylation is 1. The van der Waals surface area contributed by atoms with Crippen molar-refractivity contribution in [3.8, 4) is 0 Å². The summed E-state index contributed by atoms with van der Waals surface area (Å²) in [5.41, 5.74) is 1.72. The highest BCUT2D eigenvalue weighted by Crippen LogP contribution is 2.20. The summed E-state index contributed by atoms with van der Waals surface area (Å²) in [7, 11) is 1.81. The van der Waals surface area contributed by atoms with E-state index in [0.29, 0.717) is 12.0 Å². The second-order valence-electron chi connectivity index (χ2n) is 4.64. The molecule has 3 heteroatoms. The highest BCUT2D eigenvalue weighted by molar-refractivity contribution is 5.99. The van der Waals surface area contributed by atoms with Crippen LogP contribution in [0.5, 0.6) is 0 Å². The van der Waals surface area contributed by atoms with Crippen LogP contribution in [0.4, 0.5) is 0 Å². The molecule has 0 fully saturated rings. The van der Waals surface area contributed by atoms with Crippen molar-refractivity contribution in [2.75, 3.05) is 0 Å². The van der Waals surface area contributed by atoms with Gasteiger partial charge in [-0.2, -0.15) is 5.10 Å². The number of fused-ring (bicyclic) bond motifs is 1. The Hall–Kier alpha value is -2.42. The maximum atomic E-state index is 12.2. The van der Waals surface area contributed by atoms with Crippen molar-refractivity contribution in [2.45, 2.75) is 6.42 Å². The first-order valence-corrected chi connectivity index (χ1v) is 6.22. The minimum Gasteiger partial charge on any atom is -0.294 e. The number of rotatable bonds is 3. The molecule has 3 rings (SSSR count). The lowest BCUT2D eigenvalue weighted by Crippen LogP contribution is -2.03. The number of aromatic nitrogens is 2. The molecule has 0 unspecified atom stereocenters. The molecule has 2 aromatic carbocycles. The Bertz CT molecular complexity index is 738. The van der Waals surface area contributed by atoms with Crippen molar-refractivity contribution in [1.29, 1.82) is 0 Å². The number of nitrogens with zero attached hydrogens (tertiary/aromatic N) is 2. The standard InChI is InChI=1S/C16H14N2O/c1-18-11-14(10-17-18)16(19)9-13-7-4-6-12-5-2-3-8-15(12)13/h2-8,10-11H,9H2,1H3. The molecule has 94 valence electrons. The van der Waals surface area contributed by atoms with Crippen LogP contribution in [0, 0.1) is 0 Å². The number of Topliss-reactive ketones (excluding diaryl/α,β-unsaturated/α-hetero) is 1. The zero-order valence-corrected chi connectivity index (χ0v) is 10.7. The summed E-state index contributed by atoms with van der Waals surface area (Å²) in [6.07, 6.45) is 3.79. The smallest absolute Gasteiger partial charge is 0.170 e. The lowest BCUT2D eigenvalue weighted by molar-refractivity contribution is 0.0993. The quantitative estimate of drug-likeness (QED) is 0.670. The molecule has 0 saturated carbocycles. The van der Waals surface area contributed by atoms with E-state index in [1.807, 2.05) is 31.3 Å². The Morgan fingerprint density at radius 2 is 1.95 bits per heavy atom. The van der Waals surface area contributed by atoms with Crippen LogP contribution in [-0.4, -0.2) is 15.6 Å². The van der Waals surface area contributed by atoms with Crippen LogP contribution < -0.4 is 0 Å². The van der Waals surface area contributed by atoms with Crippen molar-refractivity contribution in [2.24, 2.45) is 7.05 Å². The Balaban J connectivity index is 1.95. The molecule has 0 N–H and O–H groups in total. The fourth-order valence-corrected chi connectivity index (χ4v) is 2.29. The minimum atomic E-state index is 0.101. The summed E-state index contributed by atoms with van der Waals surface area (Å²) in [5, 5.41) is 6.34. The Morgan fingerprint density at radius 1 is 1.16 bits per heavy atom. The predicted octanol–water partition coefficient (Wildman–Crippen LogP) is 3.00. The average molecular weight is 250 g/mol. The molecular formula is C16H14N2O. The van der Waals surface area contributed by atoms with Gasteiger partial charge in [0.05, 0.1) is 11.8 Å². The minimum absolute atomic E-state index is 0.101. The van der Waals surface area contributed by atoms with E-state index < -0.39 is 0 Å². The second-order valence-corrected chi connectivity index (χ2v) is 4.64. The van der Waals surface area contributed by atoms with E-state index in [1.165, 1.54) is 5.39 Å². The van der Waals surface area contributed by atoms with E-state index >= 15 is 0 Å². The fraction of sp³-hybridized carbons (Fsp3) is 0.125. The van der Waals surface area contributed by atoms with Gasteiger partial charge in [-0.1, -0.05) is 42.5 Å². The zero-order valence-electron chi connectivity index (χ0n) is 10.7. The number of carbonyl (C=O) groups is 1. The molecule has 0 spiro atoms. The Kier molecular flexibility index (Phi) is 2.88. The highest BCUT2D eigenvalue weighted by Gasteiger charge is 2.10. The summed E-state index contributed by atoms with van der Waals surface area (Å²) in [6.45, 7) is 0. The average Bonchev–Trinajstić information content (AvgIpc) is 2.86. The Labute approximate surface area is 111 Å².